The number of anilines is 1. The summed E-state index contributed by atoms with van der Waals surface area (Å²) in [6.07, 6.45) is 1.35. The van der Waals surface area contributed by atoms with Gasteiger partial charge in [-0.15, -0.1) is 0 Å². The number of nitrogens with zero attached hydrogens (tertiary/aromatic N) is 3. The molecule has 3 aromatic rings. The molecule has 0 aliphatic carbocycles. The van der Waals surface area contributed by atoms with E-state index in [-0.39, 0.29) is 21.7 Å². The van der Waals surface area contributed by atoms with E-state index in [0.29, 0.717) is 10.8 Å². The number of hydrogen-bond donors (Lipinski definition) is 0. The van der Waals surface area contributed by atoms with Crippen LogP contribution in [0.4, 0.5) is 5.82 Å². The van der Waals surface area contributed by atoms with Crippen LogP contribution in [0, 0.1) is 0 Å². The molecule has 6 nitrogen and oxygen atoms in total. The fraction of sp³-hybridized carbons (Fsp3) is 0.200. The molecule has 0 fully saturated rings. The van der Waals surface area contributed by atoms with E-state index >= 15 is 0 Å². The highest BCUT2D eigenvalue weighted by Gasteiger charge is 2.37. The van der Waals surface area contributed by atoms with Gasteiger partial charge >= 0.3 is 0 Å². The molecular formula is C20H19Cl2N3O3S. The summed E-state index contributed by atoms with van der Waals surface area (Å²) in [5.74, 6) is 0.634. The van der Waals surface area contributed by atoms with Crippen molar-refractivity contribution in [1.29, 1.82) is 0 Å². The predicted octanol–water partition coefficient (Wildman–Crippen LogP) is 5.57. The lowest BCUT2D eigenvalue weighted by atomic mass is 10.1. The van der Waals surface area contributed by atoms with Crippen LogP contribution in [-0.4, -0.2) is 23.9 Å². The Hall–Kier alpha value is -2.35. The van der Waals surface area contributed by atoms with Crippen molar-refractivity contribution in [3.8, 4) is 11.5 Å². The summed E-state index contributed by atoms with van der Waals surface area (Å²) in [6.45, 7) is 5.28. The molecule has 0 amide bonds. The molecule has 0 saturated heterocycles. The summed E-state index contributed by atoms with van der Waals surface area (Å²) in [5.41, 5.74) is -0.871. The van der Waals surface area contributed by atoms with Crippen molar-refractivity contribution in [1.82, 2.24) is 9.97 Å². The van der Waals surface area contributed by atoms with Crippen LogP contribution < -0.4 is 9.04 Å². The summed E-state index contributed by atoms with van der Waals surface area (Å²) < 4.78 is 34.0. The van der Waals surface area contributed by atoms with Crippen molar-refractivity contribution in [2.45, 2.75) is 31.2 Å². The zero-order valence-corrected chi connectivity index (χ0v) is 18.3. The highest BCUT2D eigenvalue weighted by molar-refractivity contribution is 7.92. The molecule has 2 aromatic carbocycles. The van der Waals surface area contributed by atoms with E-state index < -0.39 is 15.6 Å². The lowest BCUT2D eigenvalue weighted by molar-refractivity contribution is 0.468. The van der Waals surface area contributed by atoms with E-state index in [0.717, 1.165) is 0 Å². The Morgan fingerprint density at radius 1 is 0.966 bits per heavy atom. The number of rotatable bonds is 5. The fourth-order valence-corrected chi connectivity index (χ4v) is 4.72. The first kappa shape index (κ1) is 21.4. The van der Waals surface area contributed by atoms with Crippen molar-refractivity contribution in [3.05, 3.63) is 71.1 Å². The third-order valence-corrected chi connectivity index (χ3v) is 6.33. The molecule has 0 spiro atoms. The minimum Gasteiger partial charge on any atom is -0.452 e. The van der Waals surface area contributed by atoms with Gasteiger partial charge in [0.25, 0.3) is 10.0 Å². The second kappa shape index (κ2) is 8.18. The largest absolute Gasteiger partial charge is 0.452 e. The lowest BCUT2D eigenvalue weighted by Gasteiger charge is -2.36. The van der Waals surface area contributed by atoms with Gasteiger partial charge in [-0.05, 0) is 68.8 Å². The summed E-state index contributed by atoms with van der Waals surface area (Å²) in [6, 6.07) is 14.8. The fourth-order valence-electron chi connectivity index (χ4n) is 2.68. The van der Waals surface area contributed by atoms with E-state index in [4.69, 9.17) is 27.9 Å². The molecule has 0 saturated carbocycles. The van der Waals surface area contributed by atoms with Gasteiger partial charge in [-0.3, -0.25) is 0 Å². The minimum absolute atomic E-state index is 0.0382. The Morgan fingerprint density at radius 2 is 1.59 bits per heavy atom. The average Bonchev–Trinajstić information content (AvgIpc) is 2.65. The third kappa shape index (κ3) is 4.80. The molecule has 9 heteroatoms. The Balaban J connectivity index is 2.16. The second-order valence-corrected chi connectivity index (χ2v) is 9.70. The Morgan fingerprint density at radius 3 is 2.17 bits per heavy atom. The molecule has 0 aliphatic heterocycles. The quantitative estimate of drug-likeness (QED) is 0.474. The van der Waals surface area contributed by atoms with Crippen LogP contribution in [0.3, 0.4) is 0 Å². The zero-order valence-electron chi connectivity index (χ0n) is 16.0. The molecule has 152 valence electrons. The molecular weight excluding hydrogens is 433 g/mol. The Labute approximate surface area is 180 Å². The first-order valence-corrected chi connectivity index (χ1v) is 10.8. The molecule has 0 unspecified atom stereocenters. The molecule has 0 N–H and O–H groups in total. The van der Waals surface area contributed by atoms with E-state index in [1.54, 1.807) is 63.2 Å². The van der Waals surface area contributed by atoms with Crippen molar-refractivity contribution in [2.75, 3.05) is 4.31 Å². The van der Waals surface area contributed by atoms with E-state index in [1.807, 2.05) is 0 Å². The van der Waals surface area contributed by atoms with Crippen molar-refractivity contribution < 1.29 is 13.2 Å². The maximum Gasteiger partial charge on any atom is 0.266 e. The van der Waals surface area contributed by atoms with Crippen LogP contribution in [0.1, 0.15) is 20.8 Å². The second-order valence-electron chi connectivity index (χ2n) is 7.14. The molecule has 3 rings (SSSR count). The monoisotopic (exact) mass is 451 g/mol. The Bertz CT molecular complexity index is 1100. The number of benzene rings is 2. The highest BCUT2D eigenvalue weighted by Crippen LogP contribution is 2.38. The standard InChI is InChI=1S/C20H19Cl2N3O3S/c1-20(2,3)25(29(26,27)16-7-5-4-6-8-16)18-17(13-23-19(22)24-18)28-15-11-9-14(21)10-12-15/h4-13H,1-3H3. The first-order valence-electron chi connectivity index (χ1n) is 8.65. The smallest absolute Gasteiger partial charge is 0.266 e. The third-order valence-electron chi connectivity index (χ3n) is 3.83. The summed E-state index contributed by atoms with van der Waals surface area (Å²) >= 11 is 11.9. The van der Waals surface area contributed by atoms with Crippen LogP contribution in [0.25, 0.3) is 0 Å². The van der Waals surface area contributed by atoms with Crippen molar-refractivity contribution in [3.63, 3.8) is 0 Å². The van der Waals surface area contributed by atoms with Gasteiger partial charge in [0, 0.05) is 10.6 Å². The topological polar surface area (TPSA) is 72.4 Å². The molecule has 0 atom stereocenters. The average molecular weight is 452 g/mol. The molecule has 1 aromatic heterocycles. The van der Waals surface area contributed by atoms with E-state index in [9.17, 15) is 8.42 Å². The predicted molar refractivity (Wildman–Crippen MR) is 114 cm³/mol. The van der Waals surface area contributed by atoms with E-state index in [1.165, 1.54) is 22.6 Å². The molecule has 0 radical (unpaired) electrons. The van der Waals surface area contributed by atoms with Gasteiger partial charge in [0.2, 0.25) is 5.28 Å². The van der Waals surface area contributed by atoms with Crippen molar-refractivity contribution >= 4 is 39.0 Å². The summed E-state index contributed by atoms with van der Waals surface area (Å²) in [7, 11) is -3.97. The van der Waals surface area contributed by atoms with Crippen LogP contribution in [0.15, 0.2) is 65.7 Å². The van der Waals surface area contributed by atoms with Gasteiger partial charge < -0.3 is 4.74 Å². The molecule has 0 aliphatic rings. The van der Waals surface area contributed by atoms with Crippen LogP contribution in [0.5, 0.6) is 11.5 Å². The number of halogens is 2. The van der Waals surface area contributed by atoms with Gasteiger partial charge in [0.05, 0.1) is 11.1 Å². The number of sulfonamides is 1. The van der Waals surface area contributed by atoms with Gasteiger partial charge in [-0.25, -0.2) is 17.7 Å². The normalized spacial score (nSPS) is 11.9. The van der Waals surface area contributed by atoms with Crippen molar-refractivity contribution in [2.24, 2.45) is 0 Å². The van der Waals surface area contributed by atoms with Crippen LogP contribution in [0.2, 0.25) is 10.3 Å². The lowest BCUT2D eigenvalue weighted by Crippen LogP contribution is -2.46. The molecule has 29 heavy (non-hydrogen) atoms. The SMILES string of the molecule is CC(C)(C)N(c1nc(Cl)ncc1Oc1ccc(Cl)cc1)S(=O)(=O)c1ccccc1. The van der Waals surface area contributed by atoms with Crippen LogP contribution >= 0.6 is 23.2 Å². The minimum atomic E-state index is -3.97. The summed E-state index contributed by atoms with van der Waals surface area (Å²) in [5, 5.41) is 0.453. The number of aromatic nitrogens is 2. The maximum absolute atomic E-state index is 13.5. The first-order chi connectivity index (χ1) is 13.6. The van der Waals surface area contributed by atoms with E-state index in [2.05, 4.69) is 9.97 Å². The number of hydrogen-bond acceptors (Lipinski definition) is 5. The zero-order chi connectivity index (χ0) is 21.2. The van der Waals surface area contributed by atoms with Gasteiger partial charge in [0.15, 0.2) is 11.6 Å². The highest BCUT2D eigenvalue weighted by atomic mass is 35.5. The molecule has 1 heterocycles. The summed E-state index contributed by atoms with van der Waals surface area (Å²) in [4.78, 5) is 8.28. The van der Waals surface area contributed by atoms with Gasteiger partial charge in [-0.1, -0.05) is 29.8 Å². The number of ether oxygens (including phenoxy) is 1. The van der Waals surface area contributed by atoms with Gasteiger partial charge in [0.1, 0.15) is 5.75 Å². The molecule has 0 bridgehead atoms. The maximum atomic E-state index is 13.5. The Kier molecular flexibility index (Phi) is 6.03. The van der Waals surface area contributed by atoms with Gasteiger partial charge in [-0.2, -0.15) is 4.98 Å². The van der Waals surface area contributed by atoms with Crippen LogP contribution in [-0.2, 0) is 10.0 Å².